The van der Waals surface area contributed by atoms with Crippen LogP contribution >= 0.6 is 11.8 Å². The molecule has 1 saturated heterocycles. The van der Waals surface area contributed by atoms with Crippen molar-refractivity contribution in [3.05, 3.63) is 12.4 Å². The molecule has 2 rings (SSSR count). The lowest BCUT2D eigenvalue weighted by Crippen LogP contribution is -2.33. The summed E-state index contributed by atoms with van der Waals surface area (Å²) in [4.78, 5) is 11.6. The number of anilines is 1. The molecule has 1 aliphatic heterocycles. The molecule has 17 heavy (non-hydrogen) atoms. The van der Waals surface area contributed by atoms with E-state index in [1.807, 2.05) is 11.8 Å². The molecule has 5 nitrogen and oxygen atoms in total. The van der Waals surface area contributed by atoms with Gasteiger partial charge >= 0.3 is 0 Å². The average Bonchev–Trinajstić information content (AvgIpc) is 2.73. The van der Waals surface area contributed by atoms with Crippen LogP contribution in [0.5, 0.6) is 0 Å². The predicted octanol–water partition coefficient (Wildman–Crippen LogP) is 0.725. The lowest BCUT2D eigenvalue weighted by Gasteiger charge is -2.21. The summed E-state index contributed by atoms with van der Waals surface area (Å²) in [6, 6.07) is 0. The Morgan fingerprint density at radius 3 is 3.00 bits per heavy atom. The molecule has 1 amide bonds. The summed E-state index contributed by atoms with van der Waals surface area (Å²) >= 11 is 2.00. The number of hydrogen-bond acceptors (Lipinski definition) is 4. The van der Waals surface area contributed by atoms with Gasteiger partial charge in [-0.15, -0.1) is 0 Å². The number of carbonyl (C=O) groups is 1. The molecule has 1 aromatic rings. The van der Waals surface area contributed by atoms with Crippen LogP contribution in [0.3, 0.4) is 0 Å². The highest BCUT2D eigenvalue weighted by atomic mass is 32.2. The number of nitrogens with zero attached hydrogens (tertiary/aromatic N) is 2. The highest BCUT2D eigenvalue weighted by Gasteiger charge is 2.14. The molecule has 0 saturated carbocycles. The molecule has 3 N–H and O–H groups in total. The number of hydrogen-bond donors (Lipinski definition) is 2. The van der Waals surface area contributed by atoms with E-state index in [1.165, 1.54) is 24.3 Å². The Kier molecular flexibility index (Phi) is 4.30. The molecular weight excluding hydrogens is 236 g/mol. The van der Waals surface area contributed by atoms with Gasteiger partial charge in [0.25, 0.3) is 0 Å². The van der Waals surface area contributed by atoms with Crippen LogP contribution in [0.15, 0.2) is 12.4 Å². The standard InChI is InChI=1S/C11H18N4OS/c12-10-6-14-15(7-10)8-11(16)13-5-9-1-3-17-4-2-9/h6-7,9H,1-5,8,12H2,(H,13,16). The Morgan fingerprint density at radius 1 is 1.59 bits per heavy atom. The van der Waals surface area contributed by atoms with Crippen molar-refractivity contribution < 1.29 is 4.79 Å². The van der Waals surface area contributed by atoms with Gasteiger partial charge in [0.15, 0.2) is 0 Å². The molecule has 0 radical (unpaired) electrons. The van der Waals surface area contributed by atoms with Gasteiger partial charge < -0.3 is 11.1 Å². The zero-order valence-corrected chi connectivity index (χ0v) is 10.6. The lowest BCUT2D eigenvalue weighted by atomic mass is 10.0. The number of amides is 1. The van der Waals surface area contributed by atoms with E-state index in [9.17, 15) is 4.79 Å². The molecule has 1 aliphatic rings. The van der Waals surface area contributed by atoms with E-state index in [-0.39, 0.29) is 12.5 Å². The Balaban J connectivity index is 1.70. The predicted molar refractivity (Wildman–Crippen MR) is 69.7 cm³/mol. The van der Waals surface area contributed by atoms with Crippen LogP contribution < -0.4 is 11.1 Å². The van der Waals surface area contributed by atoms with Crippen LogP contribution in [-0.4, -0.2) is 33.7 Å². The summed E-state index contributed by atoms with van der Waals surface area (Å²) in [6.45, 7) is 1.04. The first kappa shape index (κ1) is 12.3. The summed E-state index contributed by atoms with van der Waals surface area (Å²) in [7, 11) is 0. The van der Waals surface area contributed by atoms with Gasteiger partial charge in [0.2, 0.25) is 5.91 Å². The van der Waals surface area contributed by atoms with Crippen LogP contribution in [-0.2, 0) is 11.3 Å². The molecule has 0 unspecified atom stereocenters. The van der Waals surface area contributed by atoms with Crippen molar-refractivity contribution in [1.29, 1.82) is 0 Å². The Bertz CT molecular complexity index is 373. The van der Waals surface area contributed by atoms with Gasteiger partial charge in [-0.05, 0) is 30.3 Å². The first-order valence-electron chi connectivity index (χ1n) is 5.86. The quantitative estimate of drug-likeness (QED) is 0.830. The summed E-state index contributed by atoms with van der Waals surface area (Å²) in [5.41, 5.74) is 6.11. The van der Waals surface area contributed by atoms with E-state index < -0.39 is 0 Å². The first-order valence-corrected chi connectivity index (χ1v) is 7.02. The fraction of sp³-hybridized carbons (Fsp3) is 0.636. The number of carbonyl (C=O) groups excluding carboxylic acids is 1. The second-order valence-electron chi connectivity index (χ2n) is 4.33. The molecule has 1 aromatic heterocycles. The van der Waals surface area contributed by atoms with Crippen LogP contribution in [0.25, 0.3) is 0 Å². The molecule has 0 spiro atoms. The van der Waals surface area contributed by atoms with Gasteiger partial charge in [-0.25, -0.2) is 0 Å². The van der Waals surface area contributed by atoms with Crippen molar-refractivity contribution in [3.63, 3.8) is 0 Å². The van der Waals surface area contributed by atoms with Crippen LogP contribution in [0.2, 0.25) is 0 Å². The van der Waals surface area contributed by atoms with Crippen LogP contribution in [0, 0.1) is 5.92 Å². The highest BCUT2D eigenvalue weighted by Crippen LogP contribution is 2.21. The van der Waals surface area contributed by atoms with Crippen molar-refractivity contribution in [2.24, 2.45) is 5.92 Å². The molecular formula is C11H18N4OS. The van der Waals surface area contributed by atoms with Crippen molar-refractivity contribution in [3.8, 4) is 0 Å². The molecule has 2 heterocycles. The maximum Gasteiger partial charge on any atom is 0.241 e. The largest absolute Gasteiger partial charge is 0.396 e. The van der Waals surface area contributed by atoms with E-state index in [2.05, 4.69) is 10.4 Å². The molecule has 94 valence electrons. The van der Waals surface area contributed by atoms with E-state index in [0.717, 1.165) is 6.54 Å². The summed E-state index contributed by atoms with van der Waals surface area (Å²) in [5, 5.41) is 6.94. The SMILES string of the molecule is Nc1cnn(CC(=O)NCC2CCSCC2)c1. The number of nitrogens with two attached hydrogens (primary N) is 1. The molecule has 0 aliphatic carbocycles. The highest BCUT2D eigenvalue weighted by molar-refractivity contribution is 7.99. The van der Waals surface area contributed by atoms with Crippen molar-refractivity contribution >= 4 is 23.4 Å². The van der Waals surface area contributed by atoms with Crippen molar-refractivity contribution in [1.82, 2.24) is 15.1 Å². The molecule has 6 heteroatoms. The van der Waals surface area contributed by atoms with E-state index >= 15 is 0 Å². The number of rotatable bonds is 4. The van der Waals surface area contributed by atoms with Crippen LogP contribution in [0.4, 0.5) is 5.69 Å². The van der Waals surface area contributed by atoms with Gasteiger partial charge in [0.1, 0.15) is 6.54 Å². The topological polar surface area (TPSA) is 72.9 Å². The van der Waals surface area contributed by atoms with Gasteiger partial charge in [-0.3, -0.25) is 9.48 Å². The average molecular weight is 254 g/mol. The monoisotopic (exact) mass is 254 g/mol. The minimum absolute atomic E-state index is 0.00586. The molecule has 1 fully saturated rings. The third-order valence-electron chi connectivity index (χ3n) is 2.89. The molecule has 0 atom stereocenters. The Labute approximate surface area is 105 Å². The van der Waals surface area contributed by atoms with E-state index in [4.69, 9.17) is 5.73 Å². The zero-order valence-electron chi connectivity index (χ0n) is 9.76. The van der Waals surface area contributed by atoms with E-state index in [1.54, 1.807) is 17.1 Å². The summed E-state index contributed by atoms with van der Waals surface area (Å²) in [5.74, 6) is 3.08. The summed E-state index contributed by atoms with van der Waals surface area (Å²) < 4.78 is 1.56. The number of nitrogen functional groups attached to an aromatic ring is 1. The van der Waals surface area contributed by atoms with Gasteiger partial charge in [0, 0.05) is 12.7 Å². The lowest BCUT2D eigenvalue weighted by molar-refractivity contribution is -0.122. The Morgan fingerprint density at radius 2 is 2.35 bits per heavy atom. The summed E-state index contributed by atoms with van der Waals surface area (Å²) in [6.07, 6.45) is 5.63. The van der Waals surface area contributed by atoms with Crippen LogP contribution in [0.1, 0.15) is 12.8 Å². The van der Waals surface area contributed by atoms with E-state index in [0.29, 0.717) is 11.6 Å². The molecule has 0 aromatic carbocycles. The second kappa shape index (κ2) is 5.95. The fourth-order valence-corrected chi connectivity index (χ4v) is 3.08. The maximum atomic E-state index is 11.6. The number of thioether (sulfide) groups is 1. The fourth-order valence-electron chi connectivity index (χ4n) is 1.88. The minimum atomic E-state index is 0.00586. The normalized spacial score (nSPS) is 16.9. The smallest absolute Gasteiger partial charge is 0.241 e. The number of nitrogens with one attached hydrogen (secondary N) is 1. The second-order valence-corrected chi connectivity index (χ2v) is 5.56. The minimum Gasteiger partial charge on any atom is -0.396 e. The van der Waals surface area contributed by atoms with Crippen molar-refractivity contribution in [2.45, 2.75) is 19.4 Å². The third-order valence-corrected chi connectivity index (χ3v) is 3.94. The Hall–Kier alpha value is -1.17. The van der Waals surface area contributed by atoms with Gasteiger partial charge in [-0.2, -0.15) is 16.9 Å². The van der Waals surface area contributed by atoms with Gasteiger partial charge in [0.05, 0.1) is 11.9 Å². The third kappa shape index (κ3) is 3.96. The number of aromatic nitrogens is 2. The maximum absolute atomic E-state index is 11.6. The van der Waals surface area contributed by atoms with Crippen molar-refractivity contribution in [2.75, 3.05) is 23.8 Å². The molecule has 0 bridgehead atoms. The van der Waals surface area contributed by atoms with Gasteiger partial charge in [-0.1, -0.05) is 0 Å². The zero-order chi connectivity index (χ0) is 12.1. The first-order chi connectivity index (χ1) is 8.24.